The van der Waals surface area contributed by atoms with Crippen LogP contribution in [0, 0.1) is 17.8 Å². The van der Waals surface area contributed by atoms with Crippen LogP contribution in [0.5, 0.6) is 0 Å². The van der Waals surface area contributed by atoms with Crippen molar-refractivity contribution in [1.29, 1.82) is 0 Å². The third kappa shape index (κ3) is 8.85. The van der Waals surface area contributed by atoms with Crippen LogP contribution in [0.4, 0.5) is 4.79 Å². The van der Waals surface area contributed by atoms with Gasteiger partial charge in [0.25, 0.3) is 0 Å². The molecule has 0 radical (unpaired) electrons. The van der Waals surface area contributed by atoms with Gasteiger partial charge in [-0.1, -0.05) is 40.0 Å². The van der Waals surface area contributed by atoms with Crippen molar-refractivity contribution in [2.24, 2.45) is 17.8 Å². The molecule has 9 nitrogen and oxygen atoms in total. The lowest BCUT2D eigenvalue weighted by molar-refractivity contribution is -0.154. The van der Waals surface area contributed by atoms with Gasteiger partial charge >= 0.3 is 12.1 Å². The molecule has 2 fully saturated rings. The molecule has 0 aromatic heterocycles. The van der Waals surface area contributed by atoms with Gasteiger partial charge in [0.15, 0.2) is 6.04 Å². The Balaban J connectivity index is 2.01. The van der Waals surface area contributed by atoms with Gasteiger partial charge in [0, 0.05) is 18.9 Å². The van der Waals surface area contributed by atoms with Crippen molar-refractivity contribution >= 4 is 23.9 Å². The summed E-state index contributed by atoms with van der Waals surface area (Å²) in [6, 6.07) is -1.34. The molecule has 2 unspecified atom stereocenters. The van der Waals surface area contributed by atoms with Crippen LogP contribution in [0.3, 0.4) is 0 Å². The number of carboxylic acid groups (broad SMARTS) is 1. The van der Waals surface area contributed by atoms with E-state index in [2.05, 4.69) is 17.7 Å². The lowest BCUT2D eigenvalue weighted by atomic mass is 9.84. The summed E-state index contributed by atoms with van der Waals surface area (Å²) in [4.78, 5) is 49.6. The fourth-order valence-electron chi connectivity index (χ4n) is 4.61. The number of hydrogen-bond acceptors (Lipinski definition) is 5. The summed E-state index contributed by atoms with van der Waals surface area (Å²) in [5.74, 6) is -1.58. The SMILES string of the molecule is CCCCC1CCC(OC(=O)NN(C(=O)CCC(C)C)C(CC2CCNC2=O)C(=O)O)CC1. The molecule has 0 spiro atoms. The van der Waals surface area contributed by atoms with Crippen LogP contribution >= 0.6 is 0 Å². The Kier molecular flexibility index (Phi) is 10.9. The number of carboxylic acids is 1. The molecular weight excluding hydrogens is 426 g/mol. The molecule has 0 bridgehead atoms. The van der Waals surface area contributed by atoms with E-state index in [0.717, 1.165) is 30.7 Å². The largest absolute Gasteiger partial charge is 0.480 e. The maximum Gasteiger partial charge on any atom is 0.426 e. The number of nitrogens with one attached hydrogen (secondary N) is 2. The Morgan fingerprint density at radius 2 is 1.88 bits per heavy atom. The van der Waals surface area contributed by atoms with E-state index in [1.165, 1.54) is 19.3 Å². The van der Waals surface area contributed by atoms with Crippen LogP contribution in [0.2, 0.25) is 0 Å². The van der Waals surface area contributed by atoms with Crippen molar-refractivity contribution in [3.8, 4) is 0 Å². The lowest BCUT2D eigenvalue weighted by Gasteiger charge is -2.32. The van der Waals surface area contributed by atoms with Crippen molar-refractivity contribution < 1.29 is 29.0 Å². The molecule has 1 saturated carbocycles. The van der Waals surface area contributed by atoms with Crippen molar-refractivity contribution in [3.63, 3.8) is 0 Å². The van der Waals surface area contributed by atoms with E-state index in [9.17, 15) is 24.3 Å². The first-order valence-corrected chi connectivity index (χ1v) is 12.5. The van der Waals surface area contributed by atoms with Gasteiger partial charge in [-0.3, -0.25) is 9.59 Å². The summed E-state index contributed by atoms with van der Waals surface area (Å²) in [5.41, 5.74) is 2.41. The Morgan fingerprint density at radius 1 is 1.18 bits per heavy atom. The summed E-state index contributed by atoms with van der Waals surface area (Å²) >= 11 is 0. The predicted octanol–water partition coefficient (Wildman–Crippen LogP) is 3.62. The van der Waals surface area contributed by atoms with Gasteiger partial charge in [-0.15, -0.1) is 0 Å². The molecule has 9 heteroatoms. The molecule has 3 N–H and O–H groups in total. The summed E-state index contributed by atoms with van der Waals surface area (Å²) in [5, 5.41) is 13.4. The van der Waals surface area contributed by atoms with E-state index in [1.807, 2.05) is 13.8 Å². The smallest absolute Gasteiger partial charge is 0.426 e. The summed E-state index contributed by atoms with van der Waals surface area (Å²) in [6.45, 7) is 6.59. The molecule has 33 heavy (non-hydrogen) atoms. The molecule has 1 aliphatic carbocycles. The molecule has 1 heterocycles. The highest BCUT2D eigenvalue weighted by Crippen LogP contribution is 2.30. The first-order chi connectivity index (χ1) is 15.7. The molecule has 188 valence electrons. The predicted molar refractivity (Wildman–Crippen MR) is 123 cm³/mol. The number of carbonyl (C=O) groups excluding carboxylic acids is 3. The van der Waals surface area contributed by atoms with Crippen molar-refractivity contribution in [1.82, 2.24) is 15.8 Å². The molecule has 0 aromatic rings. The second kappa shape index (κ2) is 13.4. The topological polar surface area (TPSA) is 125 Å². The van der Waals surface area contributed by atoms with Crippen LogP contribution < -0.4 is 10.7 Å². The number of ether oxygens (including phenoxy) is 1. The van der Waals surface area contributed by atoms with Gasteiger partial charge in [0.1, 0.15) is 6.10 Å². The average Bonchev–Trinajstić information content (AvgIpc) is 3.18. The molecule has 2 rings (SSSR count). The number of rotatable bonds is 11. The Labute approximate surface area is 197 Å². The Morgan fingerprint density at radius 3 is 2.42 bits per heavy atom. The van der Waals surface area contributed by atoms with E-state index in [-0.39, 0.29) is 30.8 Å². The van der Waals surface area contributed by atoms with Crippen molar-refractivity contribution in [2.75, 3.05) is 6.54 Å². The zero-order chi connectivity index (χ0) is 24.4. The standard InChI is InChI=1S/C24H41N3O6/c1-4-5-6-17-8-10-19(11-9-17)33-24(32)26-27(21(28)12-7-16(2)3)20(23(30)31)15-18-13-14-25-22(18)29/h16-20H,4-15H2,1-3H3,(H,25,29)(H,26,32)(H,30,31). The second-order valence-corrected chi connectivity index (χ2v) is 9.86. The zero-order valence-corrected chi connectivity index (χ0v) is 20.3. The Hall–Kier alpha value is -2.32. The number of hydrazine groups is 1. The molecule has 0 aromatic carbocycles. The molecule has 3 amide bonds. The van der Waals surface area contributed by atoms with Crippen LogP contribution in [0.1, 0.15) is 91.4 Å². The number of hydrogen-bond donors (Lipinski definition) is 3. The highest BCUT2D eigenvalue weighted by atomic mass is 16.6. The minimum absolute atomic E-state index is 0.0581. The molecule has 1 saturated heterocycles. The van der Waals surface area contributed by atoms with Gasteiger partial charge < -0.3 is 15.2 Å². The number of carbonyl (C=O) groups is 4. The summed E-state index contributed by atoms with van der Waals surface area (Å²) < 4.78 is 5.56. The van der Waals surface area contributed by atoms with Crippen molar-refractivity contribution in [2.45, 2.75) is 104 Å². The molecule has 2 atom stereocenters. The van der Waals surface area contributed by atoms with E-state index in [1.54, 1.807) is 0 Å². The van der Waals surface area contributed by atoms with Gasteiger partial charge in [0.2, 0.25) is 11.8 Å². The van der Waals surface area contributed by atoms with Crippen LogP contribution in [-0.4, -0.2) is 52.7 Å². The maximum atomic E-state index is 12.9. The second-order valence-electron chi connectivity index (χ2n) is 9.86. The fraction of sp³-hybridized carbons (Fsp3) is 0.833. The maximum absolute atomic E-state index is 12.9. The van der Waals surface area contributed by atoms with Crippen molar-refractivity contribution in [3.05, 3.63) is 0 Å². The monoisotopic (exact) mass is 467 g/mol. The number of amides is 3. The van der Waals surface area contributed by atoms with E-state index in [4.69, 9.17) is 4.74 Å². The summed E-state index contributed by atoms with van der Waals surface area (Å²) in [6.07, 6.45) is 7.18. The molecular formula is C24H41N3O6. The van der Waals surface area contributed by atoms with Gasteiger partial charge in [-0.25, -0.2) is 20.0 Å². The van der Waals surface area contributed by atoms with Crippen LogP contribution in [-0.2, 0) is 19.1 Å². The van der Waals surface area contributed by atoms with Gasteiger partial charge in [-0.05, 0) is 56.8 Å². The minimum Gasteiger partial charge on any atom is -0.480 e. The summed E-state index contributed by atoms with van der Waals surface area (Å²) in [7, 11) is 0. The average molecular weight is 468 g/mol. The normalized spacial score (nSPS) is 23.6. The van der Waals surface area contributed by atoms with E-state index in [0.29, 0.717) is 25.3 Å². The lowest BCUT2D eigenvalue weighted by Crippen LogP contribution is -2.56. The quantitative estimate of drug-likeness (QED) is 0.399. The van der Waals surface area contributed by atoms with Crippen LogP contribution in [0.15, 0.2) is 0 Å². The minimum atomic E-state index is -1.34. The fourth-order valence-corrected chi connectivity index (χ4v) is 4.61. The number of aliphatic carboxylic acids is 1. The van der Waals surface area contributed by atoms with Crippen LogP contribution in [0.25, 0.3) is 0 Å². The first-order valence-electron chi connectivity index (χ1n) is 12.5. The van der Waals surface area contributed by atoms with Gasteiger partial charge in [0.05, 0.1) is 0 Å². The number of nitrogens with zero attached hydrogens (tertiary/aromatic N) is 1. The first kappa shape index (κ1) is 26.9. The van der Waals surface area contributed by atoms with E-state index < -0.39 is 29.9 Å². The van der Waals surface area contributed by atoms with E-state index >= 15 is 0 Å². The highest BCUT2D eigenvalue weighted by Gasteiger charge is 2.37. The third-order valence-electron chi connectivity index (χ3n) is 6.72. The third-order valence-corrected chi connectivity index (χ3v) is 6.72. The molecule has 1 aliphatic heterocycles. The Bertz CT molecular complexity index is 675. The van der Waals surface area contributed by atoms with Gasteiger partial charge in [-0.2, -0.15) is 0 Å². The molecule has 2 aliphatic rings. The highest BCUT2D eigenvalue weighted by molar-refractivity contribution is 5.87. The number of unbranched alkanes of at least 4 members (excludes halogenated alkanes) is 1. The zero-order valence-electron chi connectivity index (χ0n) is 20.3.